The van der Waals surface area contributed by atoms with Crippen molar-refractivity contribution in [3.05, 3.63) is 99.5 Å². The summed E-state index contributed by atoms with van der Waals surface area (Å²) >= 11 is 9.50. The molecule has 26 heavy (non-hydrogen) atoms. The molecule has 0 saturated carbocycles. The van der Waals surface area contributed by atoms with Crippen molar-refractivity contribution in [1.82, 2.24) is 0 Å². The van der Waals surface area contributed by atoms with Crippen LogP contribution in [0.1, 0.15) is 17.2 Å². The van der Waals surface area contributed by atoms with Crippen molar-refractivity contribution >= 4 is 38.9 Å². The van der Waals surface area contributed by atoms with Gasteiger partial charge in [0.15, 0.2) is 0 Å². The van der Waals surface area contributed by atoms with Gasteiger partial charge in [0.25, 0.3) is 0 Å². The standard InChI is InChI=1S/C21H16BrClN2O/c22-16-8-12-18(13-9-16)25-20(15-6-10-17(23)11-7-15)21(26)19(24-25)14-4-2-1-3-5-14/h1-13,20-21,26H. The Morgan fingerprint density at radius 2 is 1.54 bits per heavy atom. The van der Waals surface area contributed by atoms with E-state index in [0.717, 1.165) is 21.3 Å². The summed E-state index contributed by atoms with van der Waals surface area (Å²) < 4.78 is 0.997. The molecule has 3 aromatic rings. The van der Waals surface area contributed by atoms with E-state index in [1.807, 2.05) is 83.9 Å². The molecule has 0 aliphatic carbocycles. The van der Waals surface area contributed by atoms with Crippen molar-refractivity contribution in [2.45, 2.75) is 12.1 Å². The number of hydrogen-bond donors (Lipinski definition) is 1. The minimum atomic E-state index is -0.748. The molecule has 3 nitrogen and oxygen atoms in total. The summed E-state index contributed by atoms with van der Waals surface area (Å²) in [7, 11) is 0. The molecule has 1 N–H and O–H groups in total. The summed E-state index contributed by atoms with van der Waals surface area (Å²) in [6.45, 7) is 0. The highest BCUT2D eigenvalue weighted by Gasteiger charge is 2.38. The van der Waals surface area contributed by atoms with E-state index >= 15 is 0 Å². The van der Waals surface area contributed by atoms with Crippen LogP contribution < -0.4 is 5.01 Å². The van der Waals surface area contributed by atoms with E-state index in [-0.39, 0.29) is 6.04 Å². The predicted molar refractivity (Wildman–Crippen MR) is 110 cm³/mol. The number of hydrazone groups is 1. The first-order valence-electron chi connectivity index (χ1n) is 8.26. The van der Waals surface area contributed by atoms with E-state index in [1.165, 1.54) is 0 Å². The number of aliphatic hydroxyl groups excluding tert-OH is 1. The highest BCUT2D eigenvalue weighted by molar-refractivity contribution is 9.10. The number of rotatable bonds is 3. The highest BCUT2D eigenvalue weighted by atomic mass is 79.9. The molecular weight excluding hydrogens is 412 g/mol. The lowest BCUT2D eigenvalue weighted by Gasteiger charge is -2.26. The average molecular weight is 428 g/mol. The Hall–Kier alpha value is -2.14. The Morgan fingerprint density at radius 1 is 0.885 bits per heavy atom. The van der Waals surface area contributed by atoms with Crippen molar-refractivity contribution in [2.24, 2.45) is 5.10 Å². The highest BCUT2D eigenvalue weighted by Crippen LogP contribution is 2.37. The molecule has 0 spiro atoms. The molecule has 1 aliphatic heterocycles. The Kier molecular flexibility index (Phi) is 4.81. The van der Waals surface area contributed by atoms with Gasteiger partial charge >= 0.3 is 0 Å². The number of nitrogens with zero attached hydrogens (tertiary/aromatic N) is 2. The molecule has 0 fully saturated rings. The molecule has 2 atom stereocenters. The zero-order chi connectivity index (χ0) is 18.1. The second-order valence-electron chi connectivity index (χ2n) is 6.11. The summed E-state index contributed by atoms with van der Waals surface area (Å²) in [6.07, 6.45) is -0.748. The Bertz CT molecular complexity index is 926. The van der Waals surface area contributed by atoms with Crippen molar-refractivity contribution in [3.8, 4) is 0 Å². The van der Waals surface area contributed by atoms with E-state index in [2.05, 4.69) is 15.9 Å². The third-order valence-electron chi connectivity index (χ3n) is 4.43. The summed E-state index contributed by atoms with van der Waals surface area (Å²) in [6, 6.07) is 24.9. The summed E-state index contributed by atoms with van der Waals surface area (Å²) in [5.74, 6) is 0. The van der Waals surface area contributed by atoms with Gasteiger partial charge in [-0.2, -0.15) is 5.10 Å². The molecule has 0 radical (unpaired) electrons. The largest absolute Gasteiger partial charge is 0.384 e. The lowest BCUT2D eigenvalue weighted by atomic mass is 9.95. The van der Waals surface area contributed by atoms with Crippen LogP contribution in [0.3, 0.4) is 0 Å². The van der Waals surface area contributed by atoms with Gasteiger partial charge < -0.3 is 5.11 Å². The van der Waals surface area contributed by atoms with Crippen LogP contribution in [0.15, 0.2) is 88.4 Å². The first-order valence-corrected chi connectivity index (χ1v) is 9.43. The predicted octanol–water partition coefficient (Wildman–Crippen LogP) is 5.43. The third kappa shape index (κ3) is 3.28. The van der Waals surface area contributed by atoms with Gasteiger partial charge in [-0.3, -0.25) is 5.01 Å². The summed E-state index contributed by atoms with van der Waals surface area (Å²) in [5, 5.41) is 18.4. The minimum Gasteiger partial charge on any atom is -0.384 e. The van der Waals surface area contributed by atoms with Gasteiger partial charge in [-0.05, 0) is 42.0 Å². The fraction of sp³-hybridized carbons (Fsp3) is 0.0952. The van der Waals surface area contributed by atoms with Gasteiger partial charge in [0, 0.05) is 15.1 Å². The Labute approximate surface area is 165 Å². The van der Waals surface area contributed by atoms with Gasteiger partial charge in [0.05, 0.1) is 11.4 Å². The molecular formula is C21H16BrClN2O. The molecule has 0 saturated heterocycles. The van der Waals surface area contributed by atoms with E-state index in [0.29, 0.717) is 10.7 Å². The zero-order valence-corrected chi connectivity index (χ0v) is 16.1. The lowest BCUT2D eigenvalue weighted by molar-refractivity contribution is 0.217. The maximum Gasteiger partial charge on any atom is 0.125 e. The van der Waals surface area contributed by atoms with Gasteiger partial charge in [-0.15, -0.1) is 0 Å². The summed E-state index contributed by atoms with van der Waals surface area (Å²) in [5.41, 5.74) is 3.45. The van der Waals surface area contributed by atoms with Crippen LogP contribution in [0.2, 0.25) is 5.02 Å². The van der Waals surface area contributed by atoms with Crippen molar-refractivity contribution in [3.63, 3.8) is 0 Å². The molecule has 1 heterocycles. The first kappa shape index (κ1) is 17.3. The van der Waals surface area contributed by atoms with Crippen molar-refractivity contribution in [2.75, 3.05) is 5.01 Å². The molecule has 130 valence electrons. The van der Waals surface area contributed by atoms with Crippen LogP contribution >= 0.6 is 27.5 Å². The second kappa shape index (κ2) is 7.23. The van der Waals surface area contributed by atoms with Crippen LogP contribution in [0.25, 0.3) is 0 Å². The van der Waals surface area contributed by atoms with E-state index in [4.69, 9.17) is 16.7 Å². The fourth-order valence-corrected chi connectivity index (χ4v) is 3.54. The smallest absolute Gasteiger partial charge is 0.125 e. The second-order valence-corrected chi connectivity index (χ2v) is 7.47. The molecule has 0 bridgehead atoms. The maximum atomic E-state index is 11.1. The minimum absolute atomic E-state index is 0.316. The van der Waals surface area contributed by atoms with E-state index < -0.39 is 6.10 Å². The first-order chi connectivity index (χ1) is 12.6. The Balaban J connectivity index is 1.80. The number of hydrogen-bond acceptors (Lipinski definition) is 3. The number of halogens is 2. The van der Waals surface area contributed by atoms with E-state index in [1.54, 1.807) is 0 Å². The van der Waals surface area contributed by atoms with Crippen molar-refractivity contribution < 1.29 is 5.11 Å². The quantitative estimate of drug-likeness (QED) is 0.605. The van der Waals surface area contributed by atoms with Gasteiger partial charge in [-0.25, -0.2) is 0 Å². The molecule has 0 aromatic heterocycles. The molecule has 5 heteroatoms. The van der Waals surface area contributed by atoms with Gasteiger partial charge in [-0.1, -0.05) is 70.0 Å². The molecule has 1 aliphatic rings. The van der Waals surface area contributed by atoms with Crippen LogP contribution in [0, 0.1) is 0 Å². The third-order valence-corrected chi connectivity index (χ3v) is 5.21. The molecule has 3 aromatic carbocycles. The average Bonchev–Trinajstić information content (AvgIpc) is 3.01. The van der Waals surface area contributed by atoms with E-state index in [9.17, 15) is 5.11 Å². The van der Waals surface area contributed by atoms with Gasteiger partial charge in [0.2, 0.25) is 0 Å². The lowest BCUT2D eigenvalue weighted by Crippen LogP contribution is -2.29. The molecule has 4 rings (SSSR count). The maximum absolute atomic E-state index is 11.1. The SMILES string of the molecule is OC1C(c2ccccc2)=NN(c2ccc(Br)cc2)C1c1ccc(Cl)cc1. The molecule has 0 amide bonds. The topological polar surface area (TPSA) is 35.8 Å². The van der Waals surface area contributed by atoms with Crippen LogP contribution in [-0.2, 0) is 0 Å². The monoisotopic (exact) mass is 426 g/mol. The number of anilines is 1. The normalized spacial score (nSPS) is 19.5. The molecule has 2 unspecified atom stereocenters. The fourth-order valence-electron chi connectivity index (χ4n) is 3.15. The van der Waals surface area contributed by atoms with Crippen LogP contribution in [0.5, 0.6) is 0 Å². The van der Waals surface area contributed by atoms with Crippen LogP contribution in [0.4, 0.5) is 5.69 Å². The number of aliphatic hydroxyl groups is 1. The van der Waals surface area contributed by atoms with Gasteiger partial charge in [0.1, 0.15) is 12.1 Å². The Morgan fingerprint density at radius 3 is 2.19 bits per heavy atom. The summed E-state index contributed by atoms with van der Waals surface area (Å²) in [4.78, 5) is 0. The van der Waals surface area contributed by atoms with Crippen LogP contribution in [-0.4, -0.2) is 16.9 Å². The number of benzene rings is 3. The van der Waals surface area contributed by atoms with Crippen molar-refractivity contribution in [1.29, 1.82) is 0 Å². The zero-order valence-electron chi connectivity index (χ0n) is 13.8.